The monoisotopic (exact) mass is 496 g/mol. The fourth-order valence-corrected chi connectivity index (χ4v) is 4.13. The van der Waals surface area contributed by atoms with Crippen LogP contribution in [-0.4, -0.2) is 27.6 Å². The molecule has 0 radical (unpaired) electrons. The summed E-state index contributed by atoms with van der Waals surface area (Å²) in [7, 11) is 1.72. The van der Waals surface area contributed by atoms with Crippen molar-refractivity contribution in [3.63, 3.8) is 0 Å². The average molecular weight is 497 g/mol. The predicted octanol–water partition coefficient (Wildman–Crippen LogP) is 5.87. The lowest BCUT2D eigenvalue weighted by Gasteiger charge is -2.29. The SMILES string of the molecule is Cc1cc(C2=NOC(c3cc(Cl)cc(Cl)c3)(C(F)(F)F)C2)ccc1C(=O)Nc1ccn(C)n1. The smallest absolute Gasteiger partial charge is 0.374 e. The maximum Gasteiger partial charge on any atom is 0.435 e. The number of aromatic nitrogens is 2. The molecule has 0 saturated carbocycles. The number of rotatable bonds is 4. The van der Waals surface area contributed by atoms with Gasteiger partial charge in [-0.3, -0.25) is 9.48 Å². The van der Waals surface area contributed by atoms with Crippen molar-refractivity contribution in [2.45, 2.75) is 25.1 Å². The van der Waals surface area contributed by atoms with Crippen LogP contribution in [0, 0.1) is 6.92 Å². The quantitative estimate of drug-likeness (QED) is 0.491. The Labute approximate surface area is 196 Å². The molecule has 172 valence electrons. The number of aryl methyl sites for hydroxylation is 2. The van der Waals surface area contributed by atoms with Gasteiger partial charge in [0.25, 0.3) is 11.5 Å². The molecule has 0 saturated heterocycles. The van der Waals surface area contributed by atoms with E-state index in [1.54, 1.807) is 37.0 Å². The second-order valence-electron chi connectivity index (χ2n) is 7.65. The molecule has 1 atom stereocenters. The number of nitrogens with one attached hydrogen (secondary N) is 1. The van der Waals surface area contributed by atoms with Gasteiger partial charge in [0.2, 0.25) is 0 Å². The van der Waals surface area contributed by atoms with Crippen molar-refractivity contribution in [2.24, 2.45) is 12.2 Å². The van der Waals surface area contributed by atoms with Gasteiger partial charge in [-0.25, -0.2) is 0 Å². The number of halogens is 5. The van der Waals surface area contributed by atoms with Crippen LogP contribution in [0.15, 0.2) is 53.8 Å². The molecular formula is C22H17Cl2F3N4O2. The van der Waals surface area contributed by atoms with Crippen LogP contribution in [0.1, 0.15) is 33.5 Å². The topological polar surface area (TPSA) is 68.5 Å². The minimum Gasteiger partial charge on any atom is -0.374 e. The van der Waals surface area contributed by atoms with Gasteiger partial charge < -0.3 is 10.2 Å². The van der Waals surface area contributed by atoms with Crippen molar-refractivity contribution in [2.75, 3.05) is 5.32 Å². The summed E-state index contributed by atoms with van der Waals surface area (Å²) >= 11 is 11.9. The molecule has 11 heteroatoms. The van der Waals surface area contributed by atoms with E-state index in [9.17, 15) is 18.0 Å². The molecule has 1 aliphatic rings. The zero-order valence-corrected chi connectivity index (χ0v) is 18.9. The van der Waals surface area contributed by atoms with Gasteiger partial charge in [-0.05, 0) is 48.4 Å². The number of hydrogen-bond acceptors (Lipinski definition) is 4. The number of nitrogens with zero attached hydrogens (tertiary/aromatic N) is 3. The number of carbonyl (C=O) groups excluding carboxylic acids is 1. The third-order valence-corrected chi connectivity index (χ3v) is 5.71. The summed E-state index contributed by atoms with van der Waals surface area (Å²) in [6.07, 6.45) is -3.68. The molecule has 0 bridgehead atoms. The minimum absolute atomic E-state index is 0.0530. The number of amides is 1. The maximum absolute atomic E-state index is 14.2. The highest BCUT2D eigenvalue weighted by molar-refractivity contribution is 6.34. The Hall–Kier alpha value is -3.04. The second-order valence-corrected chi connectivity index (χ2v) is 8.52. The van der Waals surface area contributed by atoms with Gasteiger partial charge in [-0.15, -0.1) is 0 Å². The molecule has 6 nitrogen and oxygen atoms in total. The summed E-state index contributed by atoms with van der Waals surface area (Å²) in [5.41, 5.74) is -1.56. The van der Waals surface area contributed by atoms with Crippen LogP contribution in [-0.2, 0) is 17.5 Å². The van der Waals surface area contributed by atoms with E-state index in [1.807, 2.05) is 0 Å². The zero-order chi connectivity index (χ0) is 24.0. The van der Waals surface area contributed by atoms with Crippen molar-refractivity contribution in [3.05, 3.63) is 81.0 Å². The van der Waals surface area contributed by atoms with Gasteiger partial charge in [-0.2, -0.15) is 18.3 Å². The van der Waals surface area contributed by atoms with Gasteiger partial charge in [0.15, 0.2) is 5.82 Å². The molecule has 1 amide bonds. The molecule has 1 N–H and O–H groups in total. The van der Waals surface area contributed by atoms with Crippen molar-refractivity contribution in [1.29, 1.82) is 0 Å². The molecule has 1 unspecified atom stereocenters. The lowest BCUT2D eigenvalue weighted by Crippen LogP contribution is -2.42. The molecule has 1 aromatic heterocycles. The van der Waals surface area contributed by atoms with E-state index < -0.39 is 18.2 Å². The van der Waals surface area contributed by atoms with Crippen molar-refractivity contribution < 1.29 is 22.8 Å². The highest BCUT2D eigenvalue weighted by atomic mass is 35.5. The summed E-state index contributed by atoms with van der Waals surface area (Å²) in [5.74, 6) is -0.00439. The minimum atomic E-state index is -4.79. The number of anilines is 1. The summed E-state index contributed by atoms with van der Waals surface area (Å²) < 4.78 is 44.0. The van der Waals surface area contributed by atoms with Crippen LogP contribution in [0.5, 0.6) is 0 Å². The lowest BCUT2D eigenvalue weighted by atomic mass is 9.86. The molecular weight excluding hydrogens is 480 g/mol. The Balaban J connectivity index is 1.61. The largest absolute Gasteiger partial charge is 0.435 e. The highest BCUT2D eigenvalue weighted by Gasteiger charge is 2.62. The van der Waals surface area contributed by atoms with E-state index >= 15 is 0 Å². The maximum atomic E-state index is 14.2. The van der Waals surface area contributed by atoms with E-state index in [1.165, 1.54) is 18.2 Å². The van der Waals surface area contributed by atoms with Crippen LogP contribution in [0.2, 0.25) is 10.0 Å². The van der Waals surface area contributed by atoms with Crippen molar-refractivity contribution in [1.82, 2.24) is 9.78 Å². The summed E-state index contributed by atoms with van der Waals surface area (Å²) in [6.45, 7) is 1.68. The molecule has 0 spiro atoms. The summed E-state index contributed by atoms with van der Waals surface area (Å²) in [6, 6.07) is 9.95. The van der Waals surface area contributed by atoms with Crippen molar-refractivity contribution in [3.8, 4) is 0 Å². The summed E-state index contributed by atoms with van der Waals surface area (Å²) in [5, 5.41) is 10.6. The predicted molar refractivity (Wildman–Crippen MR) is 119 cm³/mol. The number of oxime groups is 1. The van der Waals surface area contributed by atoms with Gasteiger partial charge in [0.1, 0.15) is 0 Å². The fourth-order valence-electron chi connectivity index (χ4n) is 3.61. The Morgan fingerprint density at radius 3 is 2.42 bits per heavy atom. The van der Waals surface area contributed by atoms with Crippen LogP contribution in [0.3, 0.4) is 0 Å². The number of benzene rings is 2. The van der Waals surface area contributed by atoms with E-state index in [-0.39, 0.29) is 27.2 Å². The third kappa shape index (κ3) is 4.43. The first-order valence-electron chi connectivity index (χ1n) is 9.69. The fraction of sp³-hybridized carbons (Fsp3) is 0.227. The van der Waals surface area contributed by atoms with Crippen LogP contribution >= 0.6 is 23.2 Å². The molecule has 33 heavy (non-hydrogen) atoms. The number of hydrogen-bond donors (Lipinski definition) is 1. The summed E-state index contributed by atoms with van der Waals surface area (Å²) in [4.78, 5) is 17.6. The normalized spacial score (nSPS) is 18.1. The van der Waals surface area contributed by atoms with Crippen LogP contribution in [0.25, 0.3) is 0 Å². The average Bonchev–Trinajstić information content (AvgIpc) is 3.34. The Bertz CT molecular complexity index is 1250. The molecule has 3 aromatic rings. The first-order valence-corrected chi connectivity index (χ1v) is 10.4. The molecule has 1 aliphatic heterocycles. The number of alkyl halides is 3. The zero-order valence-electron chi connectivity index (χ0n) is 17.4. The Morgan fingerprint density at radius 1 is 1.15 bits per heavy atom. The van der Waals surface area contributed by atoms with Gasteiger partial charge in [0, 0.05) is 46.9 Å². The van der Waals surface area contributed by atoms with Gasteiger partial charge in [0.05, 0.1) is 5.71 Å². The van der Waals surface area contributed by atoms with E-state index in [2.05, 4.69) is 15.6 Å². The Morgan fingerprint density at radius 2 is 1.85 bits per heavy atom. The second kappa shape index (κ2) is 8.39. The molecule has 0 fully saturated rings. The Kier molecular flexibility index (Phi) is 5.88. The molecule has 4 rings (SSSR count). The number of carbonyl (C=O) groups is 1. The van der Waals surface area contributed by atoms with E-state index in [4.69, 9.17) is 28.0 Å². The third-order valence-electron chi connectivity index (χ3n) is 5.27. The molecule has 2 aromatic carbocycles. The van der Waals surface area contributed by atoms with Gasteiger partial charge in [-0.1, -0.05) is 34.4 Å². The van der Waals surface area contributed by atoms with Crippen molar-refractivity contribution >= 4 is 40.6 Å². The first kappa shape index (κ1) is 23.1. The highest BCUT2D eigenvalue weighted by Crippen LogP contribution is 2.49. The molecule has 2 heterocycles. The van der Waals surface area contributed by atoms with Gasteiger partial charge >= 0.3 is 6.18 Å². The standard InChI is InChI=1S/C22H17Cl2F3N4O2/c1-12-7-13(3-4-17(12)20(32)28-19-5-6-31(2)29-19)18-11-21(33-30-18,22(25,26)27)14-8-15(23)10-16(24)9-14/h3-10H,11H2,1-2H3,(H,28,29,32). The molecule has 0 aliphatic carbocycles. The van der Waals surface area contributed by atoms with E-state index in [0.29, 0.717) is 22.5 Å². The van der Waals surface area contributed by atoms with Crippen LogP contribution in [0.4, 0.5) is 19.0 Å². The lowest BCUT2D eigenvalue weighted by molar-refractivity contribution is -0.275. The van der Waals surface area contributed by atoms with E-state index in [0.717, 1.165) is 12.1 Å². The van der Waals surface area contributed by atoms with Crippen LogP contribution < -0.4 is 5.32 Å². The first-order chi connectivity index (χ1) is 15.5.